The minimum atomic E-state index is -3.35. The van der Waals surface area contributed by atoms with Crippen molar-refractivity contribution < 1.29 is 13.2 Å². The molecule has 2 aromatic heterocycles. The van der Waals surface area contributed by atoms with E-state index in [1.165, 1.54) is 12.1 Å². The Morgan fingerprint density at radius 1 is 1.15 bits per heavy atom. The van der Waals surface area contributed by atoms with E-state index in [-0.39, 0.29) is 16.7 Å². The summed E-state index contributed by atoms with van der Waals surface area (Å²) in [6.45, 7) is 1.19. The molecule has 0 aliphatic carbocycles. The third-order valence-corrected chi connectivity index (χ3v) is 6.03. The van der Waals surface area contributed by atoms with Gasteiger partial charge in [-0.3, -0.25) is 9.20 Å². The molecule has 1 atom stereocenters. The average molecular weight is 384 g/mol. The quantitative estimate of drug-likeness (QED) is 0.691. The van der Waals surface area contributed by atoms with E-state index in [0.717, 1.165) is 30.6 Å². The highest BCUT2D eigenvalue weighted by molar-refractivity contribution is 7.90. The lowest BCUT2D eigenvalue weighted by Crippen LogP contribution is -2.39. The average Bonchev–Trinajstić information content (AvgIpc) is 3.11. The van der Waals surface area contributed by atoms with E-state index < -0.39 is 9.84 Å². The molecule has 1 fully saturated rings. The van der Waals surface area contributed by atoms with Crippen LogP contribution in [-0.4, -0.2) is 53.2 Å². The Hall–Kier alpha value is -2.74. The molecular formula is C19H20N4O3S. The monoisotopic (exact) mass is 384 g/mol. The molecule has 0 bridgehead atoms. The molecule has 0 spiro atoms. The smallest absolute Gasteiger partial charge is 0.253 e. The van der Waals surface area contributed by atoms with Crippen LogP contribution in [0.25, 0.3) is 5.65 Å². The number of rotatable bonds is 3. The summed E-state index contributed by atoms with van der Waals surface area (Å²) in [6.07, 6.45) is 4.87. The van der Waals surface area contributed by atoms with Crippen molar-refractivity contribution in [1.82, 2.24) is 19.5 Å². The minimum absolute atomic E-state index is 0.0955. The Morgan fingerprint density at radius 3 is 2.81 bits per heavy atom. The molecule has 1 aliphatic rings. The first kappa shape index (κ1) is 17.7. The van der Waals surface area contributed by atoms with Gasteiger partial charge in [0.2, 0.25) is 0 Å². The Balaban J connectivity index is 1.59. The van der Waals surface area contributed by atoms with E-state index in [1.807, 2.05) is 28.8 Å². The number of fused-ring (bicyclic) bond motifs is 1. The number of aromatic nitrogens is 3. The lowest BCUT2D eigenvalue weighted by atomic mass is 9.96. The Bertz CT molecular complexity index is 1110. The highest BCUT2D eigenvalue weighted by atomic mass is 32.2. The number of likely N-dealkylation sites (tertiary alicyclic amines) is 1. The normalized spacial score (nSPS) is 18.0. The molecule has 1 aromatic carbocycles. The summed E-state index contributed by atoms with van der Waals surface area (Å²) in [6, 6.07) is 12.0. The van der Waals surface area contributed by atoms with Crippen molar-refractivity contribution >= 4 is 21.4 Å². The Kier molecular flexibility index (Phi) is 4.43. The number of sulfone groups is 1. The van der Waals surface area contributed by atoms with Crippen LogP contribution < -0.4 is 0 Å². The molecule has 7 nitrogen and oxygen atoms in total. The van der Waals surface area contributed by atoms with Gasteiger partial charge < -0.3 is 4.90 Å². The fourth-order valence-corrected chi connectivity index (χ4v) is 4.22. The summed E-state index contributed by atoms with van der Waals surface area (Å²) in [4.78, 5) is 14.9. The molecule has 4 rings (SSSR count). The zero-order valence-corrected chi connectivity index (χ0v) is 15.8. The summed E-state index contributed by atoms with van der Waals surface area (Å²) in [5.41, 5.74) is 1.18. The zero-order chi connectivity index (χ0) is 19.0. The second-order valence-electron chi connectivity index (χ2n) is 6.88. The maximum absolute atomic E-state index is 12.9. The van der Waals surface area contributed by atoms with Gasteiger partial charge in [0, 0.05) is 37.0 Å². The van der Waals surface area contributed by atoms with Crippen LogP contribution in [-0.2, 0) is 9.84 Å². The maximum Gasteiger partial charge on any atom is 0.253 e. The van der Waals surface area contributed by atoms with Crippen LogP contribution in [0, 0.1) is 0 Å². The van der Waals surface area contributed by atoms with Crippen molar-refractivity contribution in [1.29, 1.82) is 0 Å². The zero-order valence-electron chi connectivity index (χ0n) is 14.9. The van der Waals surface area contributed by atoms with Gasteiger partial charge in [0.25, 0.3) is 5.91 Å². The number of hydrogen-bond donors (Lipinski definition) is 0. The van der Waals surface area contributed by atoms with E-state index in [9.17, 15) is 13.2 Å². The molecule has 8 heteroatoms. The topological polar surface area (TPSA) is 84.6 Å². The molecule has 1 aliphatic heterocycles. The van der Waals surface area contributed by atoms with Crippen LogP contribution in [0.2, 0.25) is 0 Å². The van der Waals surface area contributed by atoms with Crippen molar-refractivity contribution in [2.45, 2.75) is 23.7 Å². The lowest BCUT2D eigenvalue weighted by molar-refractivity contribution is 0.0704. The molecule has 0 N–H and O–H groups in total. The van der Waals surface area contributed by atoms with Crippen molar-refractivity contribution in [3.63, 3.8) is 0 Å². The number of carbonyl (C=O) groups excluding carboxylic acids is 1. The number of piperidine rings is 1. The predicted octanol–water partition coefficient (Wildman–Crippen LogP) is 2.15. The van der Waals surface area contributed by atoms with E-state index in [4.69, 9.17) is 0 Å². The van der Waals surface area contributed by atoms with Gasteiger partial charge in [0.15, 0.2) is 15.5 Å². The fraction of sp³-hybridized carbons (Fsp3) is 0.316. The Labute approximate surface area is 157 Å². The SMILES string of the molecule is CS(=O)(=O)c1cccc(C(=O)N2CCC[C@@H](c3nnc4ccccn34)C2)c1. The molecule has 0 saturated carbocycles. The lowest BCUT2D eigenvalue weighted by Gasteiger charge is -2.32. The molecule has 140 valence electrons. The molecular weight excluding hydrogens is 364 g/mol. The van der Waals surface area contributed by atoms with Gasteiger partial charge in [-0.05, 0) is 43.2 Å². The molecule has 1 saturated heterocycles. The molecule has 0 radical (unpaired) electrons. The number of carbonyl (C=O) groups is 1. The number of benzene rings is 1. The maximum atomic E-state index is 12.9. The minimum Gasteiger partial charge on any atom is -0.338 e. The van der Waals surface area contributed by atoms with E-state index in [0.29, 0.717) is 18.7 Å². The number of nitrogens with zero attached hydrogens (tertiary/aromatic N) is 4. The van der Waals surface area contributed by atoms with Crippen molar-refractivity contribution in [2.75, 3.05) is 19.3 Å². The van der Waals surface area contributed by atoms with Crippen LogP contribution in [0.5, 0.6) is 0 Å². The highest BCUT2D eigenvalue weighted by Crippen LogP contribution is 2.27. The van der Waals surface area contributed by atoms with Crippen LogP contribution in [0.15, 0.2) is 53.6 Å². The molecule has 3 heterocycles. The van der Waals surface area contributed by atoms with Gasteiger partial charge >= 0.3 is 0 Å². The third-order valence-electron chi connectivity index (χ3n) is 4.92. The second-order valence-corrected chi connectivity index (χ2v) is 8.89. The van der Waals surface area contributed by atoms with Gasteiger partial charge in [-0.1, -0.05) is 12.1 Å². The first-order chi connectivity index (χ1) is 12.9. The third kappa shape index (κ3) is 3.44. The second kappa shape index (κ2) is 6.77. The largest absolute Gasteiger partial charge is 0.338 e. The van der Waals surface area contributed by atoms with Crippen LogP contribution in [0.4, 0.5) is 0 Å². The first-order valence-electron chi connectivity index (χ1n) is 8.82. The first-order valence-corrected chi connectivity index (χ1v) is 10.7. The Morgan fingerprint density at radius 2 is 2.00 bits per heavy atom. The number of amides is 1. The van der Waals surface area contributed by atoms with Gasteiger partial charge in [0.1, 0.15) is 5.82 Å². The molecule has 3 aromatic rings. The van der Waals surface area contributed by atoms with Crippen LogP contribution >= 0.6 is 0 Å². The molecule has 0 unspecified atom stereocenters. The van der Waals surface area contributed by atoms with Gasteiger partial charge in [-0.2, -0.15) is 0 Å². The van der Waals surface area contributed by atoms with E-state index in [1.54, 1.807) is 17.0 Å². The van der Waals surface area contributed by atoms with E-state index >= 15 is 0 Å². The highest BCUT2D eigenvalue weighted by Gasteiger charge is 2.28. The van der Waals surface area contributed by atoms with E-state index in [2.05, 4.69) is 10.2 Å². The van der Waals surface area contributed by atoms with Crippen molar-refractivity contribution in [3.8, 4) is 0 Å². The van der Waals surface area contributed by atoms with Crippen molar-refractivity contribution in [3.05, 3.63) is 60.0 Å². The van der Waals surface area contributed by atoms with Gasteiger partial charge in [-0.15, -0.1) is 10.2 Å². The fourth-order valence-electron chi connectivity index (χ4n) is 3.55. The summed E-state index contributed by atoms with van der Waals surface area (Å²) in [5, 5.41) is 8.53. The van der Waals surface area contributed by atoms with Gasteiger partial charge in [-0.25, -0.2) is 8.42 Å². The summed E-state index contributed by atoms with van der Waals surface area (Å²) >= 11 is 0. The molecule has 1 amide bonds. The summed E-state index contributed by atoms with van der Waals surface area (Å²) < 4.78 is 25.5. The van der Waals surface area contributed by atoms with Crippen LogP contribution in [0.3, 0.4) is 0 Å². The van der Waals surface area contributed by atoms with Crippen LogP contribution in [0.1, 0.15) is 34.9 Å². The van der Waals surface area contributed by atoms with Crippen molar-refractivity contribution in [2.24, 2.45) is 0 Å². The summed E-state index contributed by atoms with van der Waals surface area (Å²) in [7, 11) is -3.35. The number of pyridine rings is 1. The predicted molar refractivity (Wildman–Crippen MR) is 100 cm³/mol. The molecule has 27 heavy (non-hydrogen) atoms. The number of hydrogen-bond acceptors (Lipinski definition) is 5. The summed E-state index contributed by atoms with van der Waals surface area (Å²) in [5.74, 6) is 0.796. The van der Waals surface area contributed by atoms with Gasteiger partial charge in [0.05, 0.1) is 4.90 Å². The standard InChI is InChI=1S/C19H20N4O3S/c1-27(25,26)16-8-4-6-14(12-16)19(24)22-10-5-7-15(13-22)18-21-20-17-9-2-3-11-23(17)18/h2-4,6,8-9,11-12,15H,5,7,10,13H2,1H3/t15-/m1/s1.